The fraction of sp³-hybridized carbons (Fsp3) is 0.200. The molecule has 2 aromatic rings. The molecule has 6 nitrogen and oxygen atoms in total. The molecule has 1 heterocycles. The largest absolute Gasteiger partial charge is 0.459 e. The summed E-state index contributed by atoms with van der Waals surface area (Å²) < 4.78 is 18.6. The number of rotatable bonds is 5. The van der Waals surface area contributed by atoms with Gasteiger partial charge in [0, 0.05) is 0 Å². The molecule has 23 heavy (non-hydrogen) atoms. The van der Waals surface area contributed by atoms with E-state index in [-0.39, 0.29) is 18.8 Å². The standard InChI is InChI=1S/C15H15ClFN3O3/c1-20(8-10-11(16)4-2-5-12(10)17)9-14(21)18-19-15(22)13-6-3-7-23-13/h2-7H,8-9H2,1H3,(H,18,21)(H,19,22)/p+1. The summed E-state index contributed by atoms with van der Waals surface area (Å²) in [6.45, 7) is 0.272. The first-order chi connectivity index (χ1) is 11.0. The summed E-state index contributed by atoms with van der Waals surface area (Å²) in [5, 5.41) is 0.316. The van der Waals surface area contributed by atoms with Gasteiger partial charge in [-0.05, 0) is 24.3 Å². The highest BCUT2D eigenvalue weighted by atomic mass is 35.5. The van der Waals surface area contributed by atoms with Gasteiger partial charge in [-0.2, -0.15) is 0 Å². The van der Waals surface area contributed by atoms with Gasteiger partial charge >= 0.3 is 5.91 Å². The average Bonchev–Trinajstić information content (AvgIpc) is 3.03. The van der Waals surface area contributed by atoms with Crippen LogP contribution in [0.4, 0.5) is 4.39 Å². The van der Waals surface area contributed by atoms with Crippen LogP contribution in [0, 0.1) is 5.82 Å². The molecule has 0 spiro atoms. The molecule has 122 valence electrons. The second-order valence-electron chi connectivity index (χ2n) is 4.99. The number of quaternary nitrogens is 1. The Kier molecular flexibility index (Phi) is 5.72. The zero-order valence-corrected chi connectivity index (χ0v) is 13.1. The second kappa shape index (κ2) is 7.75. The first-order valence-electron chi connectivity index (χ1n) is 6.84. The van der Waals surface area contributed by atoms with E-state index in [9.17, 15) is 14.0 Å². The van der Waals surface area contributed by atoms with Gasteiger partial charge < -0.3 is 9.32 Å². The Morgan fingerprint density at radius 2 is 2.04 bits per heavy atom. The molecule has 1 atom stereocenters. The molecule has 0 aliphatic heterocycles. The summed E-state index contributed by atoms with van der Waals surface area (Å²) in [6.07, 6.45) is 1.35. The highest BCUT2D eigenvalue weighted by Crippen LogP contribution is 2.17. The van der Waals surface area contributed by atoms with Crippen molar-refractivity contribution >= 4 is 23.4 Å². The molecule has 8 heteroatoms. The molecule has 2 amide bonds. The molecule has 3 N–H and O–H groups in total. The highest BCUT2D eigenvalue weighted by Gasteiger charge is 2.16. The Labute approximate surface area is 137 Å². The zero-order valence-electron chi connectivity index (χ0n) is 12.4. The van der Waals surface area contributed by atoms with E-state index in [1.165, 1.54) is 24.5 Å². The van der Waals surface area contributed by atoms with Gasteiger partial charge in [-0.3, -0.25) is 20.4 Å². The van der Waals surface area contributed by atoms with Crippen molar-refractivity contribution in [3.63, 3.8) is 0 Å². The lowest BCUT2D eigenvalue weighted by Gasteiger charge is -2.15. The van der Waals surface area contributed by atoms with E-state index in [0.29, 0.717) is 15.5 Å². The molecule has 0 saturated carbocycles. The third kappa shape index (κ3) is 4.80. The van der Waals surface area contributed by atoms with E-state index in [1.54, 1.807) is 19.2 Å². The van der Waals surface area contributed by atoms with Crippen molar-refractivity contribution in [2.45, 2.75) is 6.54 Å². The third-order valence-corrected chi connectivity index (χ3v) is 3.42. The van der Waals surface area contributed by atoms with Crippen LogP contribution in [0.2, 0.25) is 5.02 Å². The lowest BCUT2D eigenvalue weighted by Crippen LogP contribution is -3.09. The van der Waals surface area contributed by atoms with Crippen molar-refractivity contribution in [2.75, 3.05) is 13.6 Å². The summed E-state index contributed by atoms with van der Waals surface area (Å²) >= 11 is 5.95. The molecular formula is C15H16ClFN3O3+. The summed E-state index contributed by atoms with van der Waals surface area (Å²) in [7, 11) is 1.72. The van der Waals surface area contributed by atoms with Gasteiger partial charge in [0.25, 0.3) is 5.91 Å². The number of carbonyl (C=O) groups is 2. The first kappa shape index (κ1) is 17.0. The Morgan fingerprint density at radius 3 is 2.70 bits per heavy atom. The van der Waals surface area contributed by atoms with Gasteiger partial charge in [-0.15, -0.1) is 0 Å². The van der Waals surface area contributed by atoms with Crippen LogP contribution in [0.5, 0.6) is 0 Å². The van der Waals surface area contributed by atoms with Gasteiger partial charge in [-0.1, -0.05) is 17.7 Å². The van der Waals surface area contributed by atoms with E-state index < -0.39 is 17.6 Å². The quantitative estimate of drug-likeness (QED) is 0.696. The summed E-state index contributed by atoms with van der Waals surface area (Å²) in [5.74, 6) is -1.31. The molecule has 0 bridgehead atoms. The van der Waals surface area contributed by atoms with E-state index in [1.807, 2.05) is 0 Å². The number of hydrogen-bond donors (Lipinski definition) is 3. The van der Waals surface area contributed by atoms with Crippen LogP contribution in [0.3, 0.4) is 0 Å². The molecule has 1 aromatic carbocycles. The average molecular weight is 341 g/mol. The van der Waals surface area contributed by atoms with E-state index in [4.69, 9.17) is 16.0 Å². The van der Waals surface area contributed by atoms with Crippen LogP contribution in [0.15, 0.2) is 41.0 Å². The van der Waals surface area contributed by atoms with Crippen molar-refractivity contribution in [3.8, 4) is 0 Å². The fourth-order valence-electron chi connectivity index (χ4n) is 1.98. The monoisotopic (exact) mass is 340 g/mol. The highest BCUT2D eigenvalue weighted by molar-refractivity contribution is 6.31. The van der Waals surface area contributed by atoms with Gasteiger partial charge in [0.05, 0.1) is 23.9 Å². The lowest BCUT2D eigenvalue weighted by atomic mass is 10.2. The number of benzene rings is 1. The molecule has 0 aliphatic carbocycles. The maximum absolute atomic E-state index is 13.7. The number of likely N-dealkylation sites (N-methyl/N-ethyl adjacent to an activating group) is 1. The SMILES string of the molecule is C[NH+](CC(=O)NNC(=O)c1ccco1)Cc1c(F)cccc1Cl. The van der Waals surface area contributed by atoms with E-state index >= 15 is 0 Å². The first-order valence-corrected chi connectivity index (χ1v) is 7.22. The van der Waals surface area contributed by atoms with Crippen molar-refractivity contribution in [1.82, 2.24) is 10.9 Å². The number of nitrogens with one attached hydrogen (secondary N) is 3. The third-order valence-electron chi connectivity index (χ3n) is 3.06. The summed E-state index contributed by atoms with van der Waals surface area (Å²) in [4.78, 5) is 24.1. The van der Waals surface area contributed by atoms with Gasteiger partial charge in [0.1, 0.15) is 12.4 Å². The Morgan fingerprint density at radius 1 is 1.26 bits per heavy atom. The van der Waals surface area contributed by atoms with Crippen LogP contribution in [0.1, 0.15) is 16.1 Å². The molecule has 1 aromatic heterocycles. The predicted molar refractivity (Wildman–Crippen MR) is 81.2 cm³/mol. The van der Waals surface area contributed by atoms with Crippen LogP contribution in [0.25, 0.3) is 0 Å². The van der Waals surface area contributed by atoms with Crippen LogP contribution < -0.4 is 15.8 Å². The maximum Gasteiger partial charge on any atom is 0.305 e. The Bertz CT molecular complexity index is 671. The van der Waals surface area contributed by atoms with Crippen molar-refractivity contribution < 1.29 is 23.3 Å². The number of halogens is 2. The smallest absolute Gasteiger partial charge is 0.305 e. The Balaban J connectivity index is 1.82. The number of carbonyl (C=O) groups excluding carboxylic acids is 2. The second-order valence-corrected chi connectivity index (χ2v) is 5.40. The van der Waals surface area contributed by atoms with Crippen LogP contribution >= 0.6 is 11.6 Å². The van der Waals surface area contributed by atoms with Crippen molar-refractivity contribution in [2.24, 2.45) is 0 Å². The topological polar surface area (TPSA) is 75.8 Å². The van der Waals surface area contributed by atoms with Gasteiger partial charge in [-0.25, -0.2) is 4.39 Å². The summed E-state index contributed by atoms with van der Waals surface area (Å²) in [6, 6.07) is 7.47. The minimum Gasteiger partial charge on any atom is -0.459 e. The fourth-order valence-corrected chi connectivity index (χ4v) is 2.21. The molecule has 0 aliphatic rings. The normalized spacial score (nSPS) is 11.8. The molecule has 0 radical (unpaired) electrons. The van der Waals surface area contributed by atoms with E-state index in [2.05, 4.69) is 10.9 Å². The minimum atomic E-state index is -0.557. The Hall–Kier alpha value is -2.38. The number of hydrazine groups is 1. The number of hydrogen-bond acceptors (Lipinski definition) is 3. The molecule has 2 rings (SSSR count). The molecular weight excluding hydrogens is 325 g/mol. The molecule has 1 unspecified atom stereocenters. The van der Waals surface area contributed by atoms with Crippen LogP contribution in [-0.4, -0.2) is 25.4 Å². The number of amides is 2. The van der Waals surface area contributed by atoms with Gasteiger partial charge in [0.15, 0.2) is 12.3 Å². The van der Waals surface area contributed by atoms with Crippen LogP contribution in [-0.2, 0) is 11.3 Å². The molecule has 0 fully saturated rings. The van der Waals surface area contributed by atoms with Crippen molar-refractivity contribution in [1.29, 1.82) is 0 Å². The van der Waals surface area contributed by atoms with Gasteiger partial charge in [0.2, 0.25) is 0 Å². The van der Waals surface area contributed by atoms with Crippen molar-refractivity contribution in [3.05, 3.63) is 58.8 Å². The number of furan rings is 1. The zero-order chi connectivity index (χ0) is 16.8. The summed E-state index contributed by atoms with van der Waals surface area (Å²) in [5.41, 5.74) is 4.85. The molecule has 0 saturated heterocycles. The predicted octanol–water partition coefficient (Wildman–Crippen LogP) is 0.548. The van der Waals surface area contributed by atoms with E-state index in [0.717, 1.165) is 0 Å². The maximum atomic E-state index is 13.7. The minimum absolute atomic E-state index is 0.0309. The lowest BCUT2D eigenvalue weighted by molar-refractivity contribution is -0.885.